The van der Waals surface area contributed by atoms with Gasteiger partial charge in [0.15, 0.2) is 0 Å². The van der Waals surface area contributed by atoms with Crippen LogP contribution in [0.4, 0.5) is 0 Å². The van der Waals surface area contributed by atoms with Gasteiger partial charge in [-0.05, 0) is 18.9 Å². The largest absolute Gasteiger partial charge is 0.281 e. The molecule has 1 fully saturated rings. The number of aryl methyl sites for hydroxylation is 1. The van der Waals surface area contributed by atoms with Crippen LogP contribution in [0.5, 0.6) is 0 Å². The molecule has 0 spiro atoms. The fourth-order valence-electron chi connectivity index (χ4n) is 3.06. The monoisotopic (exact) mass is 350 g/mol. The van der Waals surface area contributed by atoms with E-state index >= 15 is 0 Å². The SMILES string of the molecule is CN(C)S(=O)(=O)N1CCC[C@@H](c2nccnc2-c2ccnn2C)C1. The van der Waals surface area contributed by atoms with Crippen molar-refractivity contribution in [3.63, 3.8) is 0 Å². The summed E-state index contributed by atoms with van der Waals surface area (Å²) in [7, 11) is 1.56. The predicted octanol–water partition coefficient (Wildman–Crippen LogP) is 0.863. The highest BCUT2D eigenvalue weighted by Crippen LogP contribution is 2.32. The molecule has 0 bridgehead atoms. The van der Waals surface area contributed by atoms with E-state index in [1.165, 1.54) is 8.61 Å². The Bertz CT molecular complexity index is 817. The first-order chi connectivity index (χ1) is 11.4. The Labute approximate surface area is 142 Å². The van der Waals surface area contributed by atoms with Gasteiger partial charge in [0.1, 0.15) is 5.69 Å². The molecule has 24 heavy (non-hydrogen) atoms. The molecule has 3 heterocycles. The third-order valence-electron chi connectivity index (χ3n) is 4.35. The van der Waals surface area contributed by atoms with Crippen LogP contribution in [0.25, 0.3) is 11.4 Å². The molecule has 0 radical (unpaired) electrons. The second-order valence-corrected chi connectivity index (χ2v) is 8.26. The number of nitrogens with zero attached hydrogens (tertiary/aromatic N) is 6. The maximum absolute atomic E-state index is 12.4. The Morgan fingerprint density at radius 3 is 2.62 bits per heavy atom. The van der Waals surface area contributed by atoms with Gasteiger partial charge >= 0.3 is 0 Å². The van der Waals surface area contributed by atoms with Crippen LogP contribution >= 0.6 is 0 Å². The molecule has 8 nitrogen and oxygen atoms in total. The molecule has 3 rings (SSSR count). The van der Waals surface area contributed by atoms with Gasteiger partial charge in [-0.2, -0.15) is 22.1 Å². The quantitative estimate of drug-likeness (QED) is 0.817. The normalized spacial score (nSPS) is 19.8. The van der Waals surface area contributed by atoms with Gasteiger partial charge in [0.05, 0.1) is 11.4 Å². The average Bonchev–Trinajstić information content (AvgIpc) is 3.00. The van der Waals surface area contributed by atoms with Gasteiger partial charge in [-0.1, -0.05) is 0 Å². The van der Waals surface area contributed by atoms with Gasteiger partial charge in [-0.25, -0.2) is 0 Å². The summed E-state index contributed by atoms with van der Waals surface area (Å²) in [5.41, 5.74) is 2.48. The topological polar surface area (TPSA) is 84.2 Å². The first-order valence-electron chi connectivity index (χ1n) is 7.88. The van der Waals surface area contributed by atoms with E-state index in [1.54, 1.807) is 37.4 Å². The summed E-state index contributed by atoms with van der Waals surface area (Å²) in [5, 5.41) is 4.19. The molecule has 0 aromatic carbocycles. The summed E-state index contributed by atoms with van der Waals surface area (Å²) in [6.45, 7) is 0.961. The molecule has 130 valence electrons. The fraction of sp³-hybridized carbons (Fsp3) is 0.533. The lowest BCUT2D eigenvalue weighted by Crippen LogP contribution is -2.45. The molecular formula is C15H22N6O2S. The molecule has 2 aromatic rings. The molecule has 0 aliphatic carbocycles. The van der Waals surface area contributed by atoms with Gasteiger partial charge in [-0.3, -0.25) is 14.6 Å². The molecule has 0 N–H and O–H groups in total. The number of aromatic nitrogens is 4. The Kier molecular flexibility index (Phi) is 4.66. The second kappa shape index (κ2) is 6.58. The van der Waals surface area contributed by atoms with Crippen LogP contribution in [0.1, 0.15) is 24.5 Å². The number of rotatable bonds is 4. The van der Waals surface area contributed by atoms with Gasteiger partial charge in [0, 0.05) is 58.7 Å². The van der Waals surface area contributed by atoms with E-state index in [9.17, 15) is 8.42 Å². The second-order valence-electron chi connectivity index (χ2n) is 6.12. The number of hydrogen-bond acceptors (Lipinski definition) is 5. The molecule has 0 saturated carbocycles. The van der Waals surface area contributed by atoms with Crippen LogP contribution in [0.3, 0.4) is 0 Å². The minimum Gasteiger partial charge on any atom is -0.266 e. The van der Waals surface area contributed by atoms with E-state index in [2.05, 4.69) is 15.1 Å². The molecule has 0 unspecified atom stereocenters. The van der Waals surface area contributed by atoms with Crippen molar-refractivity contribution < 1.29 is 8.42 Å². The first kappa shape index (κ1) is 17.0. The van der Waals surface area contributed by atoms with E-state index in [1.807, 2.05) is 13.1 Å². The summed E-state index contributed by atoms with van der Waals surface area (Å²) in [6, 6.07) is 1.89. The van der Waals surface area contributed by atoms with Gasteiger partial charge < -0.3 is 0 Å². The molecule has 9 heteroatoms. The lowest BCUT2D eigenvalue weighted by molar-refractivity contribution is 0.296. The Balaban J connectivity index is 1.94. The molecule has 2 aromatic heterocycles. The van der Waals surface area contributed by atoms with E-state index in [0.717, 1.165) is 29.9 Å². The van der Waals surface area contributed by atoms with Crippen LogP contribution < -0.4 is 0 Å². The Hall–Kier alpha value is -1.84. The highest BCUT2D eigenvalue weighted by atomic mass is 32.2. The smallest absolute Gasteiger partial charge is 0.266 e. The van der Waals surface area contributed by atoms with Crippen molar-refractivity contribution in [3.8, 4) is 11.4 Å². The highest BCUT2D eigenvalue weighted by Gasteiger charge is 2.33. The van der Waals surface area contributed by atoms with Crippen molar-refractivity contribution in [2.75, 3.05) is 27.2 Å². The minimum absolute atomic E-state index is 0.0204. The third kappa shape index (κ3) is 3.06. The van der Waals surface area contributed by atoms with Crippen LogP contribution in [-0.4, -0.2) is 64.0 Å². The zero-order chi connectivity index (χ0) is 17.3. The van der Waals surface area contributed by atoms with Crippen molar-refractivity contribution in [1.29, 1.82) is 0 Å². The van der Waals surface area contributed by atoms with Gasteiger partial charge in [-0.15, -0.1) is 0 Å². The lowest BCUT2D eigenvalue weighted by Gasteiger charge is -2.33. The van der Waals surface area contributed by atoms with E-state index in [0.29, 0.717) is 13.1 Å². The predicted molar refractivity (Wildman–Crippen MR) is 90.4 cm³/mol. The van der Waals surface area contributed by atoms with Crippen molar-refractivity contribution in [2.45, 2.75) is 18.8 Å². The molecule has 1 saturated heterocycles. The maximum atomic E-state index is 12.4. The molecular weight excluding hydrogens is 328 g/mol. The summed E-state index contributed by atoms with van der Waals surface area (Å²) >= 11 is 0. The number of piperidine rings is 1. The van der Waals surface area contributed by atoms with Crippen molar-refractivity contribution in [2.24, 2.45) is 7.05 Å². The number of hydrogen-bond donors (Lipinski definition) is 0. The van der Waals surface area contributed by atoms with Crippen LogP contribution in [0, 0.1) is 0 Å². The summed E-state index contributed by atoms with van der Waals surface area (Å²) in [5.74, 6) is 0.0204. The van der Waals surface area contributed by atoms with E-state index in [4.69, 9.17) is 0 Å². The zero-order valence-corrected chi connectivity index (χ0v) is 14.9. The Morgan fingerprint density at radius 2 is 1.96 bits per heavy atom. The van der Waals surface area contributed by atoms with Gasteiger partial charge in [0.25, 0.3) is 10.2 Å². The van der Waals surface area contributed by atoms with Crippen molar-refractivity contribution in [3.05, 3.63) is 30.4 Å². The highest BCUT2D eigenvalue weighted by molar-refractivity contribution is 7.86. The molecule has 1 aliphatic rings. The molecule has 1 atom stereocenters. The Morgan fingerprint density at radius 1 is 1.21 bits per heavy atom. The van der Waals surface area contributed by atoms with Crippen molar-refractivity contribution >= 4 is 10.2 Å². The van der Waals surface area contributed by atoms with E-state index in [-0.39, 0.29) is 5.92 Å². The van der Waals surface area contributed by atoms with Crippen LogP contribution in [0.2, 0.25) is 0 Å². The summed E-state index contributed by atoms with van der Waals surface area (Å²) in [4.78, 5) is 9.00. The first-order valence-corrected chi connectivity index (χ1v) is 9.28. The van der Waals surface area contributed by atoms with Crippen molar-refractivity contribution in [1.82, 2.24) is 28.4 Å². The average molecular weight is 350 g/mol. The third-order valence-corrected chi connectivity index (χ3v) is 6.26. The van der Waals surface area contributed by atoms with Gasteiger partial charge in [0.2, 0.25) is 0 Å². The minimum atomic E-state index is -3.41. The lowest BCUT2D eigenvalue weighted by atomic mass is 9.93. The zero-order valence-electron chi connectivity index (χ0n) is 14.1. The summed E-state index contributed by atoms with van der Waals surface area (Å²) in [6.07, 6.45) is 6.73. The van der Waals surface area contributed by atoms with Crippen LogP contribution in [0.15, 0.2) is 24.7 Å². The van der Waals surface area contributed by atoms with Crippen LogP contribution in [-0.2, 0) is 17.3 Å². The standard InChI is InChI=1S/C15H22N6O2S/c1-19(2)24(22,23)21-10-4-5-12(11-21)14-15(17-9-8-16-14)13-6-7-18-20(13)3/h6-9,12H,4-5,10-11H2,1-3H3/t12-/m1/s1. The molecule has 1 aliphatic heterocycles. The molecule has 0 amide bonds. The van der Waals surface area contributed by atoms with E-state index < -0.39 is 10.2 Å². The summed E-state index contributed by atoms with van der Waals surface area (Å²) < 4.78 is 29.4. The fourth-order valence-corrected chi connectivity index (χ4v) is 4.25. The maximum Gasteiger partial charge on any atom is 0.281 e.